The van der Waals surface area contributed by atoms with Gasteiger partial charge in [-0.15, -0.1) is 0 Å². The number of rotatable bonds is 8. The Kier molecular flexibility index (Phi) is 7.74. The summed E-state index contributed by atoms with van der Waals surface area (Å²) in [6.07, 6.45) is 0. The molecule has 1 heterocycles. The molecular weight excluding hydrogens is 460 g/mol. The average molecular weight is 495 g/mol. The third-order valence-corrected chi connectivity index (χ3v) is 8.78. The molecule has 1 aliphatic heterocycles. The van der Waals surface area contributed by atoms with Crippen LogP contribution in [0.15, 0.2) is 65.6 Å². The molecule has 1 N–H and O–H groups in total. The number of fused-ring (bicyclic) bond motifs is 1. The minimum Gasteiger partial charge on any atom is -0.367 e. The van der Waals surface area contributed by atoms with Gasteiger partial charge >= 0.3 is 0 Å². The summed E-state index contributed by atoms with van der Waals surface area (Å²) in [7, 11) is -3.66. The zero-order valence-corrected chi connectivity index (χ0v) is 21.5. The first-order valence-electron chi connectivity index (χ1n) is 12.3. The highest BCUT2D eigenvalue weighted by Crippen LogP contribution is 2.31. The lowest BCUT2D eigenvalue weighted by Crippen LogP contribution is -2.46. The van der Waals surface area contributed by atoms with Crippen LogP contribution < -0.4 is 10.2 Å². The van der Waals surface area contributed by atoms with E-state index in [0.717, 1.165) is 49.2 Å². The molecule has 7 nitrogen and oxygen atoms in total. The van der Waals surface area contributed by atoms with Crippen molar-refractivity contribution in [3.05, 3.63) is 66.2 Å². The van der Waals surface area contributed by atoms with Crippen LogP contribution in [0.25, 0.3) is 10.8 Å². The van der Waals surface area contributed by atoms with Gasteiger partial charge in [0.15, 0.2) is 0 Å². The maximum absolute atomic E-state index is 13.3. The number of carbonyl (C=O) groups excluding carboxylic acids is 1. The molecule has 4 rings (SSSR count). The molecule has 0 spiro atoms. The van der Waals surface area contributed by atoms with Gasteiger partial charge in [-0.05, 0) is 47.6 Å². The number of hydrogen-bond donors (Lipinski definition) is 1. The summed E-state index contributed by atoms with van der Waals surface area (Å²) < 4.78 is 27.9. The van der Waals surface area contributed by atoms with Crippen LogP contribution in [0.5, 0.6) is 0 Å². The van der Waals surface area contributed by atoms with Gasteiger partial charge in [-0.25, -0.2) is 8.42 Å². The van der Waals surface area contributed by atoms with Crippen molar-refractivity contribution in [3.8, 4) is 0 Å². The molecule has 1 amide bonds. The number of nitrogens with one attached hydrogen (secondary N) is 1. The average Bonchev–Trinajstić information content (AvgIpc) is 2.89. The molecule has 0 unspecified atom stereocenters. The maximum Gasteiger partial charge on any atom is 0.255 e. The quantitative estimate of drug-likeness (QED) is 0.507. The summed E-state index contributed by atoms with van der Waals surface area (Å²) in [5, 5.41) is 5.07. The highest BCUT2D eigenvalue weighted by Gasteiger charge is 2.25. The molecule has 1 saturated heterocycles. The lowest BCUT2D eigenvalue weighted by molar-refractivity contribution is 0.102. The predicted molar refractivity (Wildman–Crippen MR) is 143 cm³/mol. The van der Waals surface area contributed by atoms with E-state index in [0.29, 0.717) is 24.3 Å². The fraction of sp³-hybridized carbons (Fsp3) is 0.370. The van der Waals surface area contributed by atoms with E-state index >= 15 is 0 Å². The van der Waals surface area contributed by atoms with Crippen molar-refractivity contribution in [2.24, 2.45) is 0 Å². The van der Waals surface area contributed by atoms with Crippen molar-refractivity contribution in [3.63, 3.8) is 0 Å². The van der Waals surface area contributed by atoms with Crippen molar-refractivity contribution in [2.45, 2.75) is 25.7 Å². The van der Waals surface area contributed by atoms with Crippen LogP contribution in [0.2, 0.25) is 0 Å². The van der Waals surface area contributed by atoms with Crippen molar-refractivity contribution in [1.29, 1.82) is 0 Å². The molecule has 35 heavy (non-hydrogen) atoms. The van der Waals surface area contributed by atoms with Gasteiger partial charge in [0.05, 0.1) is 16.3 Å². The number of amides is 1. The largest absolute Gasteiger partial charge is 0.367 e. The molecule has 3 aromatic carbocycles. The second-order valence-electron chi connectivity index (χ2n) is 8.71. The first-order valence-corrected chi connectivity index (χ1v) is 13.7. The molecular formula is C27H34N4O3S. The Balaban J connectivity index is 1.70. The number of carbonyl (C=O) groups is 1. The maximum atomic E-state index is 13.3. The minimum absolute atomic E-state index is 0.186. The Bertz CT molecular complexity index is 1300. The molecule has 0 saturated carbocycles. The number of sulfonamides is 1. The van der Waals surface area contributed by atoms with Crippen LogP contribution in [-0.4, -0.2) is 69.3 Å². The van der Waals surface area contributed by atoms with Crippen molar-refractivity contribution in [2.75, 3.05) is 56.0 Å². The third kappa shape index (κ3) is 5.34. The Labute approximate surface area is 208 Å². The van der Waals surface area contributed by atoms with Crippen molar-refractivity contribution in [1.82, 2.24) is 9.21 Å². The summed E-state index contributed by atoms with van der Waals surface area (Å²) in [5.74, 6) is -0.262. The fourth-order valence-electron chi connectivity index (χ4n) is 4.59. The molecule has 0 bridgehead atoms. The van der Waals surface area contributed by atoms with Gasteiger partial charge in [0, 0.05) is 44.8 Å². The first kappa shape index (κ1) is 25.2. The van der Waals surface area contributed by atoms with Gasteiger partial charge in [-0.2, -0.15) is 4.31 Å². The molecule has 0 radical (unpaired) electrons. The minimum atomic E-state index is -3.66. The number of benzene rings is 3. The van der Waals surface area contributed by atoms with Gasteiger partial charge in [0.25, 0.3) is 5.91 Å². The topological polar surface area (TPSA) is 73.0 Å². The van der Waals surface area contributed by atoms with Crippen molar-refractivity contribution >= 4 is 38.1 Å². The summed E-state index contributed by atoms with van der Waals surface area (Å²) in [6, 6.07) is 18.6. The molecule has 1 aliphatic rings. The van der Waals surface area contributed by atoms with Crippen molar-refractivity contribution < 1.29 is 13.2 Å². The summed E-state index contributed by atoms with van der Waals surface area (Å²) in [4.78, 5) is 18.1. The summed E-state index contributed by atoms with van der Waals surface area (Å²) in [6.45, 7) is 11.1. The van der Waals surface area contributed by atoms with Crippen LogP contribution >= 0.6 is 0 Å². The van der Waals surface area contributed by atoms with Crippen LogP contribution in [0.1, 0.15) is 31.1 Å². The van der Waals surface area contributed by atoms with Gasteiger partial charge in [-0.1, -0.05) is 51.1 Å². The second-order valence-corrected chi connectivity index (χ2v) is 10.6. The van der Waals surface area contributed by atoms with E-state index in [9.17, 15) is 13.2 Å². The van der Waals surface area contributed by atoms with Gasteiger partial charge < -0.3 is 15.1 Å². The smallest absolute Gasteiger partial charge is 0.255 e. The molecule has 186 valence electrons. The first-order chi connectivity index (χ1) is 16.9. The lowest BCUT2D eigenvalue weighted by atomic mass is 10.1. The predicted octanol–water partition coefficient (Wildman–Crippen LogP) is 4.26. The Morgan fingerprint density at radius 2 is 1.57 bits per heavy atom. The summed E-state index contributed by atoms with van der Waals surface area (Å²) in [5.41, 5.74) is 1.89. The number of anilines is 2. The molecule has 0 aliphatic carbocycles. The zero-order chi connectivity index (χ0) is 25.0. The Morgan fingerprint density at radius 3 is 2.23 bits per heavy atom. The van der Waals surface area contributed by atoms with E-state index in [2.05, 4.69) is 22.0 Å². The standard InChI is InChI=1S/C27H34N4O3S/c1-4-29-15-17-30(18-16-29)26-14-13-24(35(33,34)31(5-2)6-3)20-25(26)28-27(32)23-12-11-21-9-7-8-10-22(21)19-23/h7-14,19-20H,4-6,15-18H2,1-3H3,(H,28,32). The van der Waals surface area contributed by atoms with E-state index in [-0.39, 0.29) is 10.8 Å². The molecule has 1 fully saturated rings. The van der Waals surface area contributed by atoms with Crippen LogP contribution in [-0.2, 0) is 10.0 Å². The Hall–Kier alpha value is -2.94. The van der Waals surface area contributed by atoms with E-state index in [4.69, 9.17) is 0 Å². The van der Waals surface area contributed by atoms with Crippen LogP contribution in [0.3, 0.4) is 0 Å². The third-order valence-electron chi connectivity index (χ3n) is 6.73. The molecule has 3 aromatic rings. The SMILES string of the molecule is CCN1CCN(c2ccc(S(=O)(=O)N(CC)CC)cc2NC(=O)c2ccc3ccccc3c2)CC1. The van der Waals surface area contributed by atoms with E-state index in [1.54, 1.807) is 18.2 Å². The van der Waals surface area contributed by atoms with Gasteiger partial charge in [-0.3, -0.25) is 4.79 Å². The highest BCUT2D eigenvalue weighted by molar-refractivity contribution is 7.89. The Morgan fingerprint density at radius 1 is 0.886 bits per heavy atom. The zero-order valence-electron chi connectivity index (χ0n) is 20.7. The fourth-order valence-corrected chi connectivity index (χ4v) is 6.08. The number of piperazine rings is 1. The highest BCUT2D eigenvalue weighted by atomic mass is 32.2. The number of hydrogen-bond acceptors (Lipinski definition) is 5. The summed E-state index contributed by atoms with van der Waals surface area (Å²) >= 11 is 0. The molecule has 8 heteroatoms. The van der Waals surface area contributed by atoms with Gasteiger partial charge in [0.1, 0.15) is 0 Å². The number of nitrogens with zero attached hydrogens (tertiary/aromatic N) is 3. The van der Waals surface area contributed by atoms with E-state index in [1.807, 2.05) is 56.3 Å². The lowest BCUT2D eigenvalue weighted by Gasteiger charge is -2.36. The van der Waals surface area contributed by atoms with E-state index < -0.39 is 10.0 Å². The number of likely N-dealkylation sites (N-methyl/N-ethyl adjacent to an activating group) is 1. The van der Waals surface area contributed by atoms with Crippen LogP contribution in [0.4, 0.5) is 11.4 Å². The van der Waals surface area contributed by atoms with Gasteiger partial charge in [0.2, 0.25) is 10.0 Å². The second kappa shape index (κ2) is 10.8. The van der Waals surface area contributed by atoms with Crippen LogP contribution in [0, 0.1) is 0 Å². The monoisotopic (exact) mass is 494 g/mol. The normalized spacial score (nSPS) is 15.0. The molecule has 0 aromatic heterocycles. The molecule has 0 atom stereocenters. The van der Waals surface area contributed by atoms with E-state index in [1.165, 1.54) is 4.31 Å².